The van der Waals surface area contributed by atoms with Crippen molar-refractivity contribution >= 4 is 33.8 Å². The lowest BCUT2D eigenvalue weighted by atomic mass is 10.1. The molecule has 1 heterocycles. The van der Waals surface area contributed by atoms with E-state index in [2.05, 4.69) is 10.3 Å². The number of carbonyl (C=O) groups excluding carboxylic acids is 2. The maximum absolute atomic E-state index is 12.5. The molecule has 3 rings (SSSR count). The number of nitrogens with one attached hydrogen (secondary N) is 1. The van der Waals surface area contributed by atoms with Crippen molar-refractivity contribution in [3.63, 3.8) is 0 Å². The molecule has 0 fully saturated rings. The van der Waals surface area contributed by atoms with Crippen LogP contribution in [0.25, 0.3) is 11.3 Å². The first-order chi connectivity index (χ1) is 12.5. The van der Waals surface area contributed by atoms with E-state index in [1.807, 2.05) is 61.5 Å². The van der Waals surface area contributed by atoms with Crippen LogP contribution >= 0.6 is 11.3 Å². The van der Waals surface area contributed by atoms with E-state index in [4.69, 9.17) is 0 Å². The lowest BCUT2D eigenvalue weighted by Gasteiger charge is -2.12. The molecular formula is C20H19N3O2S. The molecule has 0 aliphatic rings. The molecule has 1 aromatic heterocycles. The highest BCUT2D eigenvalue weighted by Gasteiger charge is 2.18. The van der Waals surface area contributed by atoms with Crippen molar-refractivity contribution in [3.8, 4) is 11.3 Å². The fraction of sp³-hybridized carbons (Fsp3) is 0.150. The second-order valence-electron chi connectivity index (χ2n) is 6.01. The lowest BCUT2D eigenvalue weighted by Crippen LogP contribution is -2.13. The molecule has 1 N–H and O–H groups in total. The molecule has 1 amide bonds. The minimum absolute atomic E-state index is 0.0720. The van der Waals surface area contributed by atoms with Crippen LogP contribution in [0.5, 0.6) is 0 Å². The van der Waals surface area contributed by atoms with Gasteiger partial charge in [-0.25, -0.2) is 4.98 Å². The second kappa shape index (κ2) is 7.49. The van der Waals surface area contributed by atoms with E-state index in [1.165, 1.54) is 18.3 Å². The second-order valence-corrected chi connectivity index (χ2v) is 7.01. The Labute approximate surface area is 156 Å². The number of hydrogen-bond donors (Lipinski definition) is 1. The Morgan fingerprint density at radius 3 is 2.23 bits per heavy atom. The van der Waals surface area contributed by atoms with Crippen molar-refractivity contribution in [3.05, 3.63) is 65.0 Å². The molecule has 2 aromatic carbocycles. The third-order valence-electron chi connectivity index (χ3n) is 3.86. The summed E-state index contributed by atoms with van der Waals surface area (Å²) in [6, 6.07) is 16.8. The standard InChI is InChI=1S/C20H19N3O2S/c1-13(24)18-17(14-7-5-4-6-8-14)21-20(26-18)22-19(25)15-9-11-16(12-10-15)23(2)3/h4-12H,1-3H3,(H,21,22,25). The van der Waals surface area contributed by atoms with Crippen molar-refractivity contribution < 1.29 is 9.59 Å². The van der Waals surface area contributed by atoms with Crippen LogP contribution in [0.15, 0.2) is 54.6 Å². The van der Waals surface area contributed by atoms with E-state index < -0.39 is 0 Å². The molecule has 5 nitrogen and oxygen atoms in total. The summed E-state index contributed by atoms with van der Waals surface area (Å²) in [4.78, 5) is 31.4. The van der Waals surface area contributed by atoms with Crippen molar-refractivity contribution in [2.75, 3.05) is 24.3 Å². The first-order valence-electron chi connectivity index (χ1n) is 8.11. The number of amides is 1. The molecule has 0 radical (unpaired) electrons. The lowest BCUT2D eigenvalue weighted by molar-refractivity contribution is 0.101. The van der Waals surface area contributed by atoms with Gasteiger partial charge in [-0.3, -0.25) is 14.9 Å². The number of benzene rings is 2. The van der Waals surface area contributed by atoms with Crippen LogP contribution in [0.1, 0.15) is 27.0 Å². The monoisotopic (exact) mass is 365 g/mol. The Bertz CT molecular complexity index is 931. The third kappa shape index (κ3) is 3.81. The number of aromatic nitrogens is 1. The Morgan fingerprint density at radius 1 is 1.00 bits per heavy atom. The van der Waals surface area contributed by atoms with Crippen LogP contribution < -0.4 is 10.2 Å². The van der Waals surface area contributed by atoms with Crippen LogP contribution in [-0.4, -0.2) is 30.8 Å². The summed E-state index contributed by atoms with van der Waals surface area (Å²) in [5, 5.41) is 3.21. The first kappa shape index (κ1) is 17.8. The van der Waals surface area contributed by atoms with Gasteiger partial charge in [0.1, 0.15) is 0 Å². The van der Waals surface area contributed by atoms with Crippen LogP contribution in [0.3, 0.4) is 0 Å². The van der Waals surface area contributed by atoms with Gasteiger partial charge in [-0.15, -0.1) is 0 Å². The Hall–Kier alpha value is -2.99. The van der Waals surface area contributed by atoms with Crippen molar-refractivity contribution in [1.82, 2.24) is 4.98 Å². The fourth-order valence-electron chi connectivity index (χ4n) is 2.48. The van der Waals surface area contributed by atoms with Gasteiger partial charge in [0.05, 0.1) is 10.6 Å². The minimum atomic E-state index is -0.251. The zero-order valence-corrected chi connectivity index (χ0v) is 15.6. The Balaban J connectivity index is 1.86. The van der Waals surface area contributed by atoms with Crippen LogP contribution in [0, 0.1) is 0 Å². The van der Waals surface area contributed by atoms with Gasteiger partial charge >= 0.3 is 0 Å². The average Bonchev–Trinajstić information content (AvgIpc) is 3.06. The molecular weight excluding hydrogens is 346 g/mol. The van der Waals surface area contributed by atoms with Gasteiger partial charge in [0.25, 0.3) is 5.91 Å². The quantitative estimate of drug-likeness (QED) is 0.684. The van der Waals surface area contributed by atoms with E-state index in [9.17, 15) is 9.59 Å². The van der Waals surface area contributed by atoms with E-state index >= 15 is 0 Å². The predicted octanol–water partition coefficient (Wildman–Crippen LogP) is 4.33. The minimum Gasteiger partial charge on any atom is -0.378 e. The molecule has 6 heteroatoms. The average molecular weight is 365 g/mol. The summed E-state index contributed by atoms with van der Waals surface area (Å²) in [7, 11) is 3.89. The van der Waals surface area contributed by atoms with Gasteiger partial charge in [-0.1, -0.05) is 41.7 Å². The van der Waals surface area contributed by atoms with Gasteiger partial charge in [-0.2, -0.15) is 0 Å². The van der Waals surface area contributed by atoms with Crippen molar-refractivity contribution in [2.24, 2.45) is 0 Å². The van der Waals surface area contributed by atoms with Gasteiger partial charge in [0, 0.05) is 37.8 Å². The number of rotatable bonds is 5. The highest BCUT2D eigenvalue weighted by atomic mass is 32.1. The number of carbonyl (C=O) groups is 2. The molecule has 26 heavy (non-hydrogen) atoms. The molecule has 132 valence electrons. The zero-order valence-electron chi connectivity index (χ0n) is 14.8. The summed E-state index contributed by atoms with van der Waals surface area (Å²) >= 11 is 1.19. The largest absolute Gasteiger partial charge is 0.378 e. The van der Waals surface area contributed by atoms with E-state index in [0.717, 1.165) is 11.3 Å². The number of thiazole rings is 1. The highest BCUT2D eigenvalue weighted by Crippen LogP contribution is 2.31. The van der Waals surface area contributed by atoms with Crippen molar-refractivity contribution in [1.29, 1.82) is 0 Å². The summed E-state index contributed by atoms with van der Waals surface area (Å²) in [5.74, 6) is -0.323. The topological polar surface area (TPSA) is 62.3 Å². The van der Waals surface area contributed by atoms with Crippen molar-refractivity contribution in [2.45, 2.75) is 6.92 Å². The molecule has 0 aliphatic heterocycles. The van der Waals surface area contributed by atoms with Gasteiger partial charge in [0.15, 0.2) is 10.9 Å². The number of nitrogens with zero attached hydrogens (tertiary/aromatic N) is 2. The van der Waals surface area contributed by atoms with Crippen LogP contribution in [-0.2, 0) is 0 Å². The predicted molar refractivity (Wildman–Crippen MR) is 106 cm³/mol. The molecule has 0 atom stereocenters. The smallest absolute Gasteiger partial charge is 0.257 e. The molecule has 0 saturated heterocycles. The molecule has 3 aromatic rings. The zero-order chi connectivity index (χ0) is 18.7. The van der Waals surface area contributed by atoms with Gasteiger partial charge in [-0.05, 0) is 24.3 Å². The Kier molecular flexibility index (Phi) is 5.14. The number of Topliss-reactive ketones (excluding diaryl/α,β-unsaturated/α-hetero) is 1. The molecule has 0 bridgehead atoms. The molecule has 0 unspecified atom stereocenters. The number of ketones is 1. The van der Waals surface area contributed by atoms with E-state index in [-0.39, 0.29) is 11.7 Å². The maximum atomic E-state index is 12.5. The molecule has 0 spiro atoms. The molecule has 0 saturated carbocycles. The van der Waals surface area contributed by atoms with E-state index in [1.54, 1.807) is 12.1 Å². The maximum Gasteiger partial charge on any atom is 0.257 e. The summed E-state index contributed by atoms with van der Waals surface area (Å²) in [6.07, 6.45) is 0. The molecule has 0 aliphatic carbocycles. The van der Waals surface area contributed by atoms with Gasteiger partial charge in [0.2, 0.25) is 0 Å². The third-order valence-corrected chi connectivity index (χ3v) is 4.93. The number of hydrogen-bond acceptors (Lipinski definition) is 5. The van der Waals surface area contributed by atoms with Crippen LogP contribution in [0.2, 0.25) is 0 Å². The highest BCUT2D eigenvalue weighted by molar-refractivity contribution is 7.18. The Morgan fingerprint density at radius 2 is 1.65 bits per heavy atom. The van der Waals surface area contributed by atoms with Gasteiger partial charge < -0.3 is 4.90 Å². The van der Waals surface area contributed by atoms with Crippen LogP contribution in [0.4, 0.5) is 10.8 Å². The summed E-state index contributed by atoms with van der Waals surface area (Å²) < 4.78 is 0. The SMILES string of the molecule is CC(=O)c1sc(NC(=O)c2ccc(N(C)C)cc2)nc1-c1ccccc1. The fourth-order valence-corrected chi connectivity index (χ4v) is 3.36. The summed E-state index contributed by atoms with van der Waals surface area (Å²) in [6.45, 7) is 1.51. The first-order valence-corrected chi connectivity index (χ1v) is 8.93. The van der Waals surface area contributed by atoms with E-state index in [0.29, 0.717) is 21.3 Å². The summed E-state index contributed by atoms with van der Waals surface area (Å²) in [5.41, 5.74) is 3.00. The normalized spacial score (nSPS) is 10.4. The number of anilines is 2.